The minimum atomic E-state index is -0.119. The van der Waals surface area contributed by atoms with Crippen LogP contribution in [0.5, 0.6) is 0 Å². The number of nitrogens with zero attached hydrogens (tertiary/aromatic N) is 1. The van der Waals surface area contributed by atoms with E-state index in [-0.39, 0.29) is 5.41 Å². The van der Waals surface area contributed by atoms with E-state index in [1.165, 1.54) is 77.2 Å². The van der Waals surface area contributed by atoms with Crippen molar-refractivity contribution >= 4 is 38.6 Å². The van der Waals surface area contributed by atoms with Crippen LogP contribution >= 0.6 is 0 Å². The molecule has 0 heterocycles. The number of fused-ring (bicyclic) bond motifs is 6. The predicted molar refractivity (Wildman–Crippen MR) is 230 cm³/mol. The van der Waals surface area contributed by atoms with Crippen LogP contribution in [0, 0.1) is 0 Å². The molecule has 0 unspecified atom stereocenters. The lowest BCUT2D eigenvalue weighted by molar-refractivity contribution is 0.666. The van der Waals surface area contributed by atoms with Gasteiger partial charge in [-0.3, -0.25) is 0 Å². The average Bonchev–Trinajstić information content (AvgIpc) is 3.48. The SMILES string of the molecule is CC1(C)c2ccccc2-c2c(-c3ccc(N(c4ccc(-c5ccccc5)cc4)c4ccc(-c5ccccc5)cc4)c4ccccc34)cc3ccccc3c21. The highest BCUT2D eigenvalue weighted by molar-refractivity contribution is 6.12. The Morgan fingerprint density at radius 3 is 1.50 bits per heavy atom. The van der Waals surface area contributed by atoms with Crippen LogP contribution in [0.15, 0.2) is 200 Å². The number of benzene rings is 9. The van der Waals surface area contributed by atoms with Crippen LogP contribution in [-0.4, -0.2) is 0 Å². The molecular formula is C53H39N. The lowest BCUT2D eigenvalue weighted by atomic mass is 9.79. The average molecular weight is 690 g/mol. The van der Waals surface area contributed by atoms with Crippen molar-refractivity contribution in [3.8, 4) is 44.5 Å². The van der Waals surface area contributed by atoms with Crippen molar-refractivity contribution in [2.45, 2.75) is 19.3 Å². The van der Waals surface area contributed by atoms with Crippen LogP contribution < -0.4 is 4.90 Å². The summed E-state index contributed by atoms with van der Waals surface area (Å²) in [5.74, 6) is 0. The normalized spacial score (nSPS) is 12.8. The van der Waals surface area contributed by atoms with Gasteiger partial charge in [-0.05, 0) is 108 Å². The van der Waals surface area contributed by atoms with E-state index < -0.39 is 0 Å². The molecule has 1 heteroatoms. The van der Waals surface area contributed by atoms with E-state index in [1.807, 2.05) is 0 Å². The fourth-order valence-corrected chi connectivity index (χ4v) is 8.88. The van der Waals surface area contributed by atoms with Crippen molar-refractivity contribution in [1.29, 1.82) is 0 Å². The maximum atomic E-state index is 2.43. The number of rotatable bonds is 6. The molecule has 0 saturated heterocycles. The first-order chi connectivity index (χ1) is 26.6. The second-order valence-corrected chi connectivity index (χ2v) is 14.9. The van der Waals surface area contributed by atoms with Crippen LogP contribution in [0.25, 0.3) is 66.1 Å². The lowest BCUT2D eigenvalue weighted by Crippen LogP contribution is -2.15. The summed E-state index contributed by atoms with van der Waals surface area (Å²) < 4.78 is 0. The fraction of sp³-hybridized carbons (Fsp3) is 0.0566. The van der Waals surface area contributed by atoms with Crippen molar-refractivity contribution in [3.63, 3.8) is 0 Å². The molecule has 0 saturated carbocycles. The van der Waals surface area contributed by atoms with Crippen molar-refractivity contribution in [2.75, 3.05) is 4.90 Å². The highest BCUT2D eigenvalue weighted by Gasteiger charge is 2.38. The van der Waals surface area contributed by atoms with Gasteiger partial charge in [0.1, 0.15) is 0 Å². The molecule has 1 aliphatic carbocycles. The summed E-state index contributed by atoms with van der Waals surface area (Å²) in [6.07, 6.45) is 0. The Kier molecular flexibility index (Phi) is 7.56. The molecule has 0 fully saturated rings. The van der Waals surface area contributed by atoms with Crippen LogP contribution in [0.4, 0.5) is 17.1 Å². The fourth-order valence-electron chi connectivity index (χ4n) is 8.88. The molecule has 54 heavy (non-hydrogen) atoms. The molecule has 0 aromatic heterocycles. The number of hydrogen-bond donors (Lipinski definition) is 0. The molecular weight excluding hydrogens is 651 g/mol. The van der Waals surface area contributed by atoms with Crippen LogP contribution in [0.2, 0.25) is 0 Å². The molecule has 0 radical (unpaired) electrons. The zero-order valence-electron chi connectivity index (χ0n) is 30.5. The van der Waals surface area contributed by atoms with E-state index in [1.54, 1.807) is 0 Å². The molecule has 0 aliphatic heterocycles. The Morgan fingerprint density at radius 1 is 0.370 bits per heavy atom. The third-order valence-electron chi connectivity index (χ3n) is 11.4. The molecule has 0 atom stereocenters. The smallest absolute Gasteiger partial charge is 0.0540 e. The van der Waals surface area contributed by atoms with Gasteiger partial charge in [0.05, 0.1) is 5.69 Å². The molecule has 1 nitrogen and oxygen atoms in total. The minimum absolute atomic E-state index is 0.119. The maximum Gasteiger partial charge on any atom is 0.0540 e. The Hall–Kier alpha value is -6.70. The third kappa shape index (κ3) is 5.16. The van der Waals surface area contributed by atoms with Crippen LogP contribution in [0.3, 0.4) is 0 Å². The number of hydrogen-bond acceptors (Lipinski definition) is 1. The summed E-state index contributed by atoms with van der Waals surface area (Å²) >= 11 is 0. The molecule has 0 N–H and O–H groups in total. The molecule has 0 amide bonds. The van der Waals surface area contributed by atoms with Gasteiger partial charge in [-0.25, -0.2) is 0 Å². The molecule has 10 rings (SSSR count). The zero-order valence-corrected chi connectivity index (χ0v) is 30.5. The Morgan fingerprint density at radius 2 is 0.870 bits per heavy atom. The van der Waals surface area contributed by atoms with Crippen molar-refractivity contribution < 1.29 is 0 Å². The second-order valence-electron chi connectivity index (χ2n) is 14.9. The maximum absolute atomic E-state index is 2.43. The van der Waals surface area contributed by atoms with Gasteiger partial charge in [-0.2, -0.15) is 0 Å². The van der Waals surface area contributed by atoms with Crippen molar-refractivity contribution in [1.82, 2.24) is 0 Å². The molecule has 256 valence electrons. The quantitative estimate of drug-likeness (QED) is 0.168. The molecule has 9 aromatic rings. The van der Waals surface area contributed by atoms with Crippen LogP contribution in [-0.2, 0) is 5.41 Å². The third-order valence-corrected chi connectivity index (χ3v) is 11.4. The molecule has 0 bridgehead atoms. The Labute approximate surface area is 317 Å². The predicted octanol–water partition coefficient (Wildman–Crippen LogP) is 14.8. The first-order valence-electron chi connectivity index (χ1n) is 18.9. The van der Waals surface area contributed by atoms with E-state index in [0.29, 0.717) is 0 Å². The topological polar surface area (TPSA) is 3.24 Å². The van der Waals surface area contributed by atoms with Gasteiger partial charge in [0.15, 0.2) is 0 Å². The summed E-state index contributed by atoms with van der Waals surface area (Å²) in [6, 6.07) is 73.2. The second kappa shape index (κ2) is 12.8. The van der Waals surface area contributed by atoms with Gasteiger partial charge in [0.2, 0.25) is 0 Å². The summed E-state index contributed by atoms with van der Waals surface area (Å²) in [4.78, 5) is 2.42. The summed E-state index contributed by atoms with van der Waals surface area (Å²) in [6.45, 7) is 4.78. The number of anilines is 3. The van der Waals surface area contributed by atoms with Gasteiger partial charge in [0.25, 0.3) is 0 Å². The van der Waals surface area contributed by atoms with E-state index in [9.17, 15) is 0 Å². The lowest BCUT2D eigenvalue weighted by Gasteiger charge is -2.28. The van der Waals surface area contributed by atoms with Crippen molar-refractivity contribution in [2.24, 2.45) is 0 Å². The highest BCUT2D eigenvalue weighted by atomic mass is 15.1. The minimum Gasteiger partial charge on any atom is -0.310 e. The summed E-state index contributed by atoms with van der Waals surface area (Å²) in [5.41, 5.74) is 16.1. The summed E-state index contributed by atoms with van der Waals surface area (Å²) in [7, 11) is 0. The zero-order chi connectivity index (χ0) is 36.2. The van der Waals surface area contributed by atoms with Gasteiger partial charge < -0.3 is 4.90 Å². The standard InChI is InChI=1S/C53H39N/c1-53(2)49-24-14-13-23-47(49)51-48(35-40-19-9-10-20-43(40)52(51)53)45-33-34-50(46-22-12-11-21-44(45)46)54(41-29-25-38(26-30-41)36-15-5-3-6-16-36)42-31-27-39(28-32-42)37-17-7-4-8-18-37/h3-35H,1-2H3. The highest BCUT2D eigenvalue weighted by Crippen LogP contribution is 2.56. The first-order valence-corrected chi connectivity index (χ1v) is 18.9. The van der Waals surface area contributed by atoms with E-state index in [4.69, 9.17) is 0 Å². The van der Waals surface area contributed by atoms with Crippen molar-refractivity contribution in [3.05, 3.63) is 211 Å². The first kappa shape index (κ1) is 32.0. The summed E-state index contributed by atoms with van der Waals surface area (Å²) in [5, 5.41) is 5.06. The molecule has 9 aromatic carbocycles. The van der Waals surface area contributed by atoms with E-state index in [2.05, 4.69) is 219 Å². The van der Waals surface area contributed by atoms with Crippen LogP contribution in [0.1, 0.15) is 25.0 Å². The Balaban J connectivity index is 1.19. The van der Waals surface area contributed by atoms with Gasteiger partial charge >= 0.3 is 0 Å². The molecule has 1 aliphatic rings. The van der Waals surface area contributed by atoms with E-state index in [0.717, 1.165) is 17.1 Å². The monoisotopic (exact) mass is 689 g/mol. The van der Waals surface area contributed by atoms with Gasteiger partial charge in [-0.15, -0.1) is 0 Å². The van der Waals surface area contributed by atoms with Gasteiger partial charge in [-0.1, -0.05) is 178 Å². The Bertz CT molecular complexity index is 2730. The molecule has 0 spiro atoms. The van der Waals surface area contributed by atoms with E-state index >= 15 is 0 Å². The van der Waals surface area contributed by atoms with Gasteiger partial charge in [0, 0.05) is 22.2 Å². The largest absolute Gasteiger partial charge is 0.310 e.